The van der Waals surface area contributed by atoms with Gasteiger partial charge in [0.25, 0.3) is 0 Å². The van der Waals surface area contributed by atoms with Crippen molar-refractivity contribution in [2.45, 2.75) is 19.4 Å². The maximum absolute atomic E-state index is 4.21. The molecule has 1 aliphatic rings. The minimum atomic E-state index is 0.299. The Hall–Kier alpha value is -1.67. The van der Waals surface area contributed by atoms with E-state index in [1.807, 2.05) is 18.5 Å². The van der Waals surface area contributed by atoms with Crippen molar-refractivity contribution in [2.24, 2.45) is 0 Å². The Labute approximate surface area is 102 Å². The van der Waals surface area contributed by atoms with Gasteiger partial charge in [-0.15, -0.1) is 0 Å². The highest BCUT2D eigenvalue weighted by Crippen LogP contribution is 2.28. The zero-order valence-corrected chi connectivity index (χ0v) is 9.98. The van der Waals surface area contributed by atoms with E-state index in [1.165, 1.54) is 22.3 Å². The molecule has 0 aliphatic carbocycles. The lowest BCUT2D eigenvalue weighted by atomic mass is 9.89. The normalized spacial score (nSPS) is 18.8. The predicted molar refractivity (Wildman–Crippen MR) is 69.0 cm³/mol. The van der Waals surface area contributed by atoms with E-state index in [9.17, 15) is 0 Å². The number of rotatable bonds is 1. The van der Waals surface area contributed by atoms with Gasteiger partial charge in [-0.1, -0.05) is 29.8 Å². The van der Waals surface area contributed by atoms with Gasteiger partial charge in [-0.2, -0.15) is 0 Å². The van der Waals surface area contributed by atoms with Gasteiger partial charge >= 0.3 is 0 Å². The van der Waals surface area contributed by atoms with E-state index < -0.39 is 0 Å². The summed E-state index contributed by atoms with van der Waals surface area (Å²) in [6.45, 7) is 3.19. The zero-order chi connectivity index (χ0) is 11.7. The summed E-state index contributed by atoms with van der Waals surface area (Å²) in [5.74, 6) is 0. The van der Waals surface area contributed by atoms with Crippen molar-refractivity contribution in [3.05, 3.63) is 65.0 Å². The number of pyridine rings is 1. The van der Waals surface area contributed by atoms with E-state index in [0.717, 1.165) is 13.0 Å². The van der Waals surface area contributed by atoms with Gasteiger partial charge in [0.1, 0.15) is 0 Å². The fraction of sp³-hybridized carbons (Fsp3) is 0.267. The molecule has 0 radical (unpaired) electrons. The standard InChI is InChI=1S/C15H16N2/c1-11-4-5-14-12(9-11)6-8-17-15(14)13-3-2-7-16-10-13/h2-5,7,9-10,15,17H,6,8H2,1H3/t15-/m1/s1. The molecule has 2 aromatic rings. The van der Waals surface area contributed by atoms with Crippen LogP contribution in [0.2, 0.25) is 0 Å². The van der Waals surface area contributed by atoms with Crippen molar-refractivity contribution < 1.29 is 0 Å². The van der Waals surface area contributed by atoms with Crippen molar-refractivity contribution in [3.8, 4) is 0 Å². The molecule has 1 atom stereocenters. The lowest BCUT2D eigenvalue weighted by molar-refractivity contribution is 0.566. The SMILES string of the molecule is Cc1ccc2c(c1)CCN[C@@H]2c1cccnc1. The van der Waals surface area contributed by atoms with Crippen molar-refractivity contribution in [2.75, 3.05) is 6.54 Å². The molecule has 1 N–H and O–H groups in total. The molecular formula is C15H16N2. The molecule has 1 aromatic carbocycles. The summed E-state index contributed by atoms with van der Waals surface area (Å²) in [5.41, 5.74) is 5.46. The molecule has 2 nitrogen and oxygen atoms in total. The molecule has 3 rings (SSSR count). The molecule has 86 valence electrons. The number of aryl methyl sites for hydroxylation is 1. The van der Waals surface area contributed by atoms with Gasteiger partial charge in [0.2, 0.25) is 0 Å². The molecule has 1 aromatic heterocycles. The summed E-state index contributed by atoms with van der Waals surface area (Å²) in [4.78, 5) is 4.21. The summed E-state index contributed by atoms with van der Waals surface area (Å²) < 4.78 is 0. The summed E-state index contributed by atoms with van der Waals surface area (Å²) in [5, 5.41) is 3.57. The minimum absolute atomic E-state index is 0.299. The largest absolute Gasteiger partial charge is 0.306 e. The van der Waals surface area contributed by atoms with Gasteiger partial charge in [-0.3, -0.25) is 4.98 Å². The van der Waals surface area contributed by atoms with E-state index in [1.54, 1.807) is 0 Å². The quantitative estimate of drug-likeness (QED) is 0.805. The maximum atomic E-state index is 4.21. The van der Waals surface area contributed by atoms with Gasteiger partial charge in [0.05, 0.1) is 6.04 Å². The lowest BCUT2D eigenvalue weighted by Crippen LogP contribution is -2.30. The maximum Gasteiger partial charge on any atom is 0.0594 e. The van der Waals surface area contributed by atoms with Crippen LogP contribution in [-0.4, -0.2) is 11.5 Å². The minimum Gasteiger partial charge on any atom is -0.306 e. The van der Waals surface area contributed by atoms with Crippen LogP contribution in [0.25, 0.3) is 0 Å². The molecule has 1 aliphatic heterocycles. The first-order valence-corrected chi connectivity index (χ1v) is 6.07. The van der Waals surface area contributed by atoms with E-state index in [-0.39, 0.29) is 0 Å². The van der Waals surface area contributed by atoms with Crippen LogP contribution in [0.1, 0.15) is 28.3 Å². The van der Waals surface area contributed by atoms with Gasteiger partial charge in [0.15, 0.2) is 0 Å². The second kappa shape index (κ2) is 4.30. The highest BCUT2D eigenvalue weighted by molar-refractivity contribution is 5.40. The molecule has 0 bridgehead atoms. The molecule has 0 fully saturated rings. The van der Waals surface area contributed by atoms with Crippen LogP contribution in [0.3, 0.4) is 0 Å². The van der Waals surface area contributed by atoms with E-state index in [2.05, 4.69) is 41.5 Å². The van der Waals surface area contributed by atoms with Gasteiger partial charge < -0.3 is 5.32 Å². The summed E-state index contributed by atoms with van der Waals surface area (Å²) >= 11 is 0. The smallest absolute Gasteiger partial charge is 0.0594 e. The first-order chi connectivity index (χ1) is 8.34. The van der Waals surface area contributed by atoms with Crippen molar-refractivity contribution in [1.82, 2.24) is 10.3 Å². The molecule has 0 saturated heterocycles. The van der Waals surface area contributed by atoms with Crippen LogP contribution >= 0.6 is 0 Å². The van der Waals surface area contributed by atoms with Crippen molar-refractivity contribution >= 4 is 0 Å². The fourth-order valence-electron chi connectivity index (χ4n) is 2.54. The fourth-order valence-corrected chi connectivity index (χ4v) is 2.54. The number of fused-ring (bicyclic) bond motifs is 1. The van der Waals surface area contributed by atoms with Crippen molar-refractivity contribution in [1.29, 1.82) is 0 Å². The van der Waals surface area contributed by atoms with E-state index >= 15 is 0 Å². The highest BCUT2D eigenvalue weighted by atomic mass is 14.9. The molecule has 0 unspecified atom stereocenters. The molecule has 2 heterocycles. The van der Waals surface area contributed by atoms with Gasteiger partial charge in [-0.05, 0) is 36.1 Å². The molecule has 0 saturated carbocycles. The number of nitrogens with zero attached hydrogens (tertiary/aromatic N) is 1. The molecule has 17 heavy (non-hydrogen) atoms. The second-order valence-electron chi connectivity index (χ2n) is 4.63. The Morgan fingerprint density at radius 1 is 1.29 bits per heavy atom. The van der Waals surface area contributed by atoms with E-state index in [0.29, 0.717) is 6.04 Å². The van der Waals surface area contributed by atoms with Gasteiger partial charge in [0, 0.05) is 18.9 Å². The number of hydrogen-bond acceptors (Lipinski definition) is 2. The Morgan fingerprint density at radius 3 is 3.06 bits per heavy atom. The molecular weight excluding hydrogens is 208 g/mol. The topological polar surface area (TPSA) is 24.9 Å². The third kappa shape index (κ3) is 1.96. The average Bonchev–Trinajstić information content (AvgIpc) is 2.39. The van der Waals surface area contributed by atoms with Crippen LogP contribution in [-0.2, 0) is 6.42 Å². The van der Waals surface area contributed by atoms with Gasteiger partial charge in [-0.25, -0.2) is 0 Å². The lowest BCUT2D eigenvalue weighted by Gasteiger charge is -2.27. The summed E-state index contributed by atoms with van der Waals surface area (Å²) in [7, 11) is 0. The molecule has 2 heteroatoms. The van der Waals surface area contributed by atoms with Crippen LogP contribution in [0.15, 0.2) is 42.7 Å². The summed E-state index contributed by atoms with van der Waals surface area (Å²) in [6, 6.07) is 11.2. The first kappa shape index (κ1) is 10.5. The Balaban J connectivity index is 2.06. The number of nitrogens with one attached hydrogen (secondary N) is 1. The Bertz CT molecular complexity index is 520. The predicted octanol–water partition coefficient (Wildman–Crippen LogP) is 2.63. The highest BCUT2D eigenvalue weighted by Gasteiger charge is 2.20. The third-order valence-electron chi connectivity index (χ3n) is 3.37. The Morgan fingerprint density at radius 2 is 2.24 bits per heavy atom. The number of aromatic nitrogens is 1. The first-order valence-electron chi connectivity index (χ1n) is 6.07. The zero-order valence-electron chi connectivity index (χ0n) is 9.98. The monoisotopic (exact) mass is 224 g/mol. The second-order valence-corrected chi connectivity index (χ2v) is 4.63. The van der Waals surface area contributed by atoms with Crippen LogP contribution in [0, 0.1) is 6.92 Å². The number of hydrogen-bond donors (Lipinski definition) is 1. The molecule has 0 spiro atoms. The number of benzene rings is 1. The third-order valence-corrected chi connectivity index (χ3v) is 3.37. The Kier molecular flexibility index (Phi) is 2.65. The van der Waals surface area contributed by atoms with Crippen molar-refractivity contribution in [3.63, 3.8) is 0 Å². The average molecular weight is 224 g/mol. The van der Waals surface area contributed by atoms with Crippen LogP contribution in [0.5, 0.6) is 0 Å². The van der Waals surface area contributed by atoms with E-state index in [4.69, 9.17) is 0 Å². The molecule has 0 amide bonds. The van der Waals surface area contributed by atoms with Crippen LogP contribution < -0.4 is 5.32 Å². The van der Waals surface area contributed by atoms with Crippen LogP contribution in [0.4, 0.5) is 0 Å². The summed E-state index contributed by atoms with van der Waals surface area (Å²) in [6.07, 6.45) is 4.89.